The van der Waals surface area contributed by atoms with Crippen LogP contribution in [0.25, 0.3) is 33.1 Å². The number of esters is 1. The van der Waals surface area contributed by atoms with Crippen LogP contribution in [0.1, 0.15) is 47.0 Å². The standard InChI is InChI=1S/C28H26N4O3S/c1-2-35-28(34)24-18-10-4-8-14-22(18)36-27(24)31-23(33)15-16-32-21-13-7-3-9-17(21)25-26(32)30-20-12-6-5-11-19(20)29-25/h3,5-7,9,11-13H,2,4,8,10,14-16H2,1H3,(H,31,33). The number of fused-ring (bicyclic) bond motifs is 5. The Hall–Kier alpha value is -3.78. The van der Waals surface area contributed by atoms with Gasteiger partial charge < -0.3 is 14.6 Å². The van der Waals surface area contributed by atoms with Crippen molar-refractivity contribution in [3.8, 4) is 0 Å². The van der Waals surface area contributed by atoms with Crippen LogP contribution in [-0.4, -0.2) is 33.0 Å². The summed E-state index contributed by atoms with van der Waals surface area (Å²) < 4.78 is 7.39. The number of aryl methyl sites for hydroxylation is 2. The van der Waals surface area contributed by atoms with Crippen LogP contribution in [0, 0.1) is 0 Å². The molecule has 1 aliphatic carbocycles. The van der Waals surface area contributed by atoms with Crippen molar-refractivity contribution in [3.63, 3.8) is 0 Å². The highest BCUT2D eigenvalue weighted by Crippen LogP contribution is 2.38. The van der Waals surface area contributed by atoms with E-state index in [-0.39, 0.29) is 18.3 Å². The molecule has 0 spiro atoms. The number of carbonyl (C=O) groups excluding carboxylic acids is 2. The van der Waals surface area contributed by atoms with Crippen molar-refractivity contribution < 1.29 is 14.3 Å². The number of nitrogens with one attached hydrogen (secondary N) is 1. The Labute approximate surface area is 212 Å². The molecule has 2 aromatic carbocycles. The fourth-order valence-electron chi connectivity index (χ4n) is 5.08. The van der Waals surface area contributed by atoms with Crippen LogP contribution in [0.3, 0.4) is 0 Å². The average molecular weight is 499 g/mol. The number of amides is 1. The van der Waals surface area contributed by atoms with Crippen LogP contribution in [0.5, 0.6) is 0 Å². The number of aromatic nitrogens is 3. The normalized spacial score (nSPS) is 13.2. The maximum absolute atomic E-state index is 13.1. The number of carbonyl (C=O) groups is 2. The highest BCUT2D eigenvalue weighted by atomic mass is 32.1. The minimum atomic E-state index is -0.350. The van der Waals surface area contributed by atoms with Crippen molar-refractivity contribution in [2.75, 3.05) is 11.9 Å². The highest BCUT2D eigenvalue weighted by molar-refractivity contribution is 7.17. The van der Waals surface area contributed by atoms with Crippen LogP contribution >= 0.6 is 11.3 Å². The number of benzene rings is 2. The zero-order valence-corrected chi connectivity index (χ0v) is 20.9. The van der Waals surface area contributed by atoms with E-state index in [1.165, 1.54) is 16.2 Å². The third kappa shape index (κ3) is 3.91. The quantitative estimate of drug-likeness (QED) is 0.295. The molecule has 0 fully saturated rings. The molecule has 36 heavy (non-hydrogen) atoms. The number of para-hydroxylation sites is 3. The summed E-state index contributed by atoms with van der Waals surface area (Å²) in [5.41, 5.74) is 5.85. The number of rotatable bonds is 6. The second-order valence-electron chi connectivity index (χ2n) is 8.99. The largest absolute Gasteiger partial charge is 0.462 e. The summed E-state index contributed by atoms with van der Waals surface area (Å²) in [6, 6.07) is 15.9. The topological polar surface area (TPSA) is 86.1 Å². The molecule has 0 radical (unpaired) electrons. The zero-order chi connectivity index (χ0) is 24.6. The molecule has 0 saturated carbocycles. The molecule has 182 valence electrons. The second-order valence-corrected chi connectivity index (χ2v) is 10.1. The molecule has 0 aliphatic heterocycles. The van der Waals surface area contributed by atoms with Gasteiger partial charge in [-0.05, 0) is 56.4 Å². The van der Waals surface area contributed by atoms with E-state index in [1.54, 1.807) is 6.92 Å². The molecule has 1 N–H and O–H groups in total. The fourth-order valence-corrected chi connectivity index (χ4v) is 6.38. The van der Waals surface area contributed by atoms with Crippen molar-refractivity contribution >= 4 is 61.3 Å². The van der Waals surface area contributed by atoms with Crippen LogP contribution in [0.15, 0.2) is 48.5 Å². The lowest BCUT2D eigenvalue weighted by Gasteiger charge is -2.12. The lowest BCUT2D eigenvalue weighted by Crippen LogP contribution is -2.17. The predicted molar refractivity (Wildman–Crippen MR) is 143 cm³/mol. The van der Waals surface area contributed by atoms with Gasteiger partial charge in [-0.1, -0.05) is 30.3 Å². The van der Waals surface area contributed by atoms with Gasteiger partial charge in [0.15, 0.2) is 5.65 Å². The number of thiophene rings is 1. The zero-order valence-electron chi connectivity index (χ0n) is 20.0. The number of nitrogens with zero attached hydrogens (tertiary/aromatic N) is 3. The van der Waals surface area contributed by atoms with Crippen molar-refractivity contribution in [2.45, 2.75) is 45.6 Å². The SMILES string of the molecule is CCOC(=O)c1c(NC(=O)CCn2c3ccccc3c3nc4ccccc4nc32)sc2c1CCCC2. The van der Waals surface area contributed by atoms with E-state index in [1.807, 2.05) is 48.5 Å². The summed E-state index contributed by atoms with van der Waals surface area (Å²) in [5.74, 6) is -0.490. The number of anilines is 1. The Morgan fingerprint density at radius 3 is 2.61 bits per heavy atom. The Morgan fingerprint density at radius 2 is 1.78 bits per heavy atom. The minimum Gasteiger partial charge on any atom is -0.462 e. The van der Waals surface area contributed by atoms with Crippen LogP contribution < -0.4 is 5.32 Å². The third-order valence-corrected chi connectivity index (χ3v) is 7.93. The Balaban J connectivity index is 1.31. The molecule has 1 amide bonds. The van der Waals surface area contributed by atoms with Crippen molar-refractivity contribution in [3.05, 3.63) is 64.5 Å². The molecule has 0 atom stereocenters. The predicted octanol–water partition coefficient (Wildman–Crippen LogP) is 5.88. The van der Waals surface area contributed by atoms with Gasteiger partial charge in [-0.2, -0.15) is 0 Å². The first kappa shape index (κ1) is 22.7. The molecule has 1 aliphatic rings. The lowest BCUT2D eigenvalue weighted by atomic mass is 9.95. The second kappa shape index (κ2) is 9.35. The summed E-state index contributed by atoms with van der Waals surface area (Å²) >= 11 is 1.51. The first-order valence-electron chi connectivity index (χ1n) is 12.4. The van der Waals surface area contributed by atoms with Crippen molar-refractivity contribution in [1.29, 1.82) is 0 Å². The summed E-state index contributed by atoms with van der Waals surface area (Å²) in [7, 11) is 0. The molecule has 3 aromatic heterocycles. The monoisotopic (exact) mass is 498 g/mol. The van der Waals surface area contributed by atoms with Gasteiger partial charge in [-0.25, -0.2) is 14.8 Å². The first-order valence-corrected chi connectivity index (χ1v) is 13.2. The minimum absolute atomic E-state index is 0.140. The molecular formula is C28H26N4O3S. The van der Waals surface area contributed by atoms with Gasteiger partial charge in [0.2, 0.25) is 5.91 Å². The molecule has 8 heteroatoms. The van der Waals surface area contributed by atoms with Crippen LogP contribution in [-0.2, 0) is 28.9 Å². The maximum atomic E-state index is 13.1. The third-order valence-electron chi connectivity index (χ3n) is 6.72. The smallest absolute Gasteiger partial charge is 0.341 e. The lowest BCUT2D eigenvalue weighted by molar-refractivity contribution is -0.116. The van der Waals surface area contributed by atoms with Gasteiger partial charge >= 0.3 is 5.97 Å². The molecule has 5 aromatic rings. The average Bonchev–Trinajstić information content (AvgIpc) is 3.41. The molecule has 0 bridgehead atoms. The maximum Gasteiger partial charge on any atom is 0.341 e. The Kier molecular flexibility index (Phi) is 5.89. The molecule has 6 rings (SSSR count). The first-order chi connectivity index (χ1) is 17.6. The van der Waals surface area contributed by atoms with Crippen molar-refractivity contribution in [2.24, 2.45) is 0 Å². The molecule has 0 saturated heterocycles. The van der Waals surface area contributed by atoms with Gasteiger partial charge in [0.05, 0.1) is 28.7 Å². The van der Waals surface area contributed by atoms with E-state index in [0.29, 0.717) is 23.7 Å². The van der Waals surface area contributed by atoms with E-state index >= 15 is 0 Å². The molecule has 7 nitrogen and oxygen atoms in total. The van der Waals surface area contributed by atoms with E-state index < -0.39 is 0 Å². The summed E-state index contributed by atoms with van der Waals surface area (Å²) in [6.07, 6.45) is 4.19. The number of ether oxygens (including phenoxy) is 1. The van der Waals surface area contributed by atoms with Gasteiger partial charge in [-0.15, -0.1) is 11.3 Å². The fraction of sp³-hybridized carbons (Fsp3) is 0.286. The molecule has 3 heterocycles. The van der Waals surface area contributed by atoms with Gasteiger partial charge in [-0.3, -0.25) is 4.79 Å². The summed E-state index contributed by atoms with van der Waals surface area (Å²) in [5, 5.41) is 4.65. The molecular weight excluding hydrogens is 472 g/mol. The summed E-state index contributed by atoms with van der Waals surface area (Å²) in [6.45, 7) is 2.55. The van der Waals surface area contributed by atoms with Gasteiger partial charge in [0.1, 0.15) is 10.5 Å². The van der Waals surface area contributed by atoms with Gasteiger partial charge in [0, 0.05) is 23.2 Å². The van der Waals surface area contributed by atoms with Gasteiger partial charge in [0.25, 0.3) is 0 Å². The number of hydrogen-bond acceptors (Lipinski definition) is 6. The summed E-state index contributed by atoms with van der Waals surface area (Å²) in [4.78, 5) is 36.8. The van der Waals surface area contributed by atoms with Crippen LogP contribution in [0.4, 0.5) is 5.00 Å². The van der Waals surface area contributed by atoms with Crippen molar-refractivity contribution in [1.82, 2.24) is 14.5 Å². The Morgan fingerprint density at radius 1 is 1.03 bits per heavy atom. The van der Waals surface area contributed by atoms with E-state index in [4.69, 9.17) is 14.7 Å². The van der Waals surface area contributed by atoms with Crippen LogP contribution in [0.2, 0.25) is 0 Å². The van der Waals surface area contributed by atoms with E-state index in [0.717, 1.165) is 64.3 Å². The van der Waals surface area contributed by atoms with E-state index in [2.05, 4.69) is 9.88 Å². The highest BCUT2D eigenvalue weighted by Gasteiger charge is 2.27. The molecule has 0 unspecified atom stereocenters. The number of hydrogen-bond donors (Lipinski definition) is 1. The van der Waals surface area contributed by atoms with E-state index in [9.17, 15) is 9.59 Å². The Bertz CT molecular complexity index is 1630.